The Morgan fingerprint density at radius 3 is 2.11 bits per heavy atom. The van der Waals surface area contributed by atoms with E-state index >= 15 is 0 Å². The molecule has 0 saturated heterocycles. The van der Waals surface area contributed by atoms with Gasteiger partial charge < -0.3 is 13.7 Å². The second-order valence-corrected chi connectivity index (χ2v) is 16.3. The average molecular weight is 724 g/mol. The zero-order chi connectivity index (χ0) is 36.4. The van der Waals surface area contributed by atoms with Gasteiger partial charge in [-0.1, -0.05) is 123 Å². The van der Waals surface area contributed by atoms with Gasteiger partial charge in [0.15, 0.2) is 0 Å². The monoisotopic (exact) mass is 723 g/mol. The Bertz CT molecular complexity index is 3360. The van der Waals surface area contributed by atoms with Crippen molar-refractivity contribution >= 4 is 92.4 Å². The predicted octanol–water partition coefficient (Wildman–Crippen LogP) is 15.3. The van der Waals surface area contributed by atoms with E-state index < -0.39 is 0 Å². The number of benzene rings is 8. The van der Waals surface area contributed by atoms with Crippen LogP contribution in [0.25, 0.3) is 86.3 Å². The summed E-state index contributed by atoms with van der Waals surface area (Å²) in [4.78, 5) is 2.45. The summed E-state index contributed by atoms with van der Waals surface area (Å²) in [5.41, 5.74) is 14.2. The molecular formula is C51H33NO2S. The Hall–Kier alpha value is -6.62. The summed E-state index contributed by atoms with van der Waals surface area (Å²) in [6, 6.07) is 59.1. The number of hydrogen-bond donors (Lipinski definition) is 0. The van der Waals surface area contributed by atoms with Gasteiger partial charge in [-0.25, -0.2) is 0 Å². The van der Waals surface area contributed by atoms with Gasteiger partial charge in [0.25, 0.3) is 0 Å². The quantitative estimate of drug-likeness (QED) is 0.181. The first kappa shape index (κ1) is 30.8. The first-order valence-electron chi connectivity index (χ1n) is 18.8. The van der Waals surface area contributed by atoms with Gasteiger partial charge in [0.2, 0.25) is 0 Å². The van der Waals surface area contributed by atoms with Crippen molar-refractivity contribution in [2.75, 3.05) is 4.90 Å². The molecule has 0 N–H and O–H groups in total. The summed E-state index contributed by atoms with van der Waals surface area (Å²) >= 11 is 1.86. The van der Waals surface area contributed by atoms with Crippen LogP contribution in [0.5, 0.6) is 0 Å². The molecule has 3 aromatic heterocycles. The lowest BCUT2D eigenvalue weighted by Crippen LogP contribution is -2.16. The van der Waals surface area contributed by atoms with Crippen LogP contribution in [-0.2, 0) is 5.41 Å². The minimum atomic E-state index is -0.131. The minimum Gasteiger partial charge on any atom is -0.456 e. The number of anilines is 3. The predicted molar refractivity (Wildman–Crippen MR) is 232 cm³/mol. The number of rotatable bonds is 4. The molecule has 1 aliphatic carbocycles. The maximum absolute atomic E-state index is 6.89. The molecule has 11 aromatic rings. The van der Waals surface area contributed by atoms with Gasteiger partial charge in [-0.05, 0) is 82.4 Å². The van der Waals surface area contributed by atoms with Gasteiger partial charge in [-0.15, -0.1) is 11.3 Å². The lowest BCUT2D eigenvalue weighted by molar-refractivity contribution is 0.660. The minimum absolute atomic E-state index is 0.131. The Morgan fingerprint density at radius 1 is 0.491 bits per heavy atom. The van der Waals surface area contributed by atoms with E-state index in [9.17, 15) is 0 Å². The van der Waals surface area contributed by atoms with Crippen LogP contribution in [0.2, 0.25) is 0 Å². The molecule has 0 amide bonds. The van der Waals surface area contributed by atoms with Crippen LogP contribution in [0.3, 0.4) is 0 Å². The van der Waals surface area contributed by atoms with Crippen LogP contribution in [0.1, 0.15) is 25.0 Å². The molecule has 12 rings (SSSR count). The molecule has 0 fully saturated rings. The molecule has 0 atom stereocenters. The van der Waals surface area contributed by atoms with Crippen molar-refractivity contribution in [3.05, 3.63) is 175 Å². The van der Waals surface area contributed by atoms with Crippen molar-refractivity contribution in [1.82, 2.24) is 0 Å². The Balaban J connectivity index is 1.14. The summed E-state index contributed by atoms with van der Waals surface area (Å²) in [6.07, 6.45) is 0. The molecule has 3 heterocycles. The summed E-state index contributed by atoms with van der Waals surface area (Å²) in [7, 11) is 0. The van der Waals surface area contributed by atoms with Gasteiger partial charge in [0, 0.05) is 59.4 Å². The number of furan rings is 2. The molecule has 4 heteroatoms. The summed E-state index contributed by atoms with van der Waals surface area (Å²) in [5.74, 6) is 0. The first-order valence-corrected chi connectivity index (χ1v) is 19.7. The molecule has 260 valence electrons. The molecule has 3 nitrogen and oxygen atoms in total. The topological polar surface area (TPSA) is 29.5 Å². The standard InChI is InChI=1S/C51H33NO2S/c1-51(2)40-19-9-6-15-33(40)34-25-23-32(28-41(34)51)52(42-20-12-18-36-35-16-8-11-22-46(35)55-50(36)42)31-24-26-44-38(27-31)39-29-45-48(37-17-7-10-21-43(37)53-45)47(49(39)54-44)30-13-4-3-5-14-30/h3-29H,1-2H3. The van der Waals surface area contributed by atoms with E-state index in [4.69, 9.17) is 8.83 Å². The molecule has 1 aliphatic rings. The van der Waals surface area contributed by atoms with Gasteiger partial charge in [-0.2, -0.15) is 0 Å². The Kier molecular flexibility index (Phi) is 6.27. The highest BCUT2D eigenvalue weighted by atomic mass is 32.1. The summed E-state index contributed by atoms with van der Waals surface area (Å²) in [6.45, 7) is 4.70. The highest BCUT2D eigenvalue weighted by Gasteiger charge is 2.36. The normalized spacial score (nSPS) is 13.4. The smallest absolute Gasteiger partial charge is 0.144 e. The van der Waals surface area contributed by atoms with E-state index in [1.807, 2.05) is 23.5 Å². The van der Waals surface area contributed by atoms with Crippen LogP contribution < -0.4 is 4.90 Å². The van der Waals surface area contributed by atoms with Crippen molar-refractivity contribution in [2.45, 2.75) is 19.3 Å². The lowest BCUT2D eigenvalue weighted by Gasteiger charge is -2.28. The number of thiophene rings is 1. The number of fused-ring (bicyclic) bond motifs is 12. The molecule has 0 radical (unpaired) electrons. The highest BCUT2D eigenvalue weighted by molar-refractivity contribution is 7.26. The van der Waals surface area contributed by atoms with Crippen molar-refractivity contribution in [3.63, 3.8) is 0 Å². The van der Waals surface area contributed by atoms with E-state index in [-0.39, 0.29) is 5.41 Å². The van der Waals surface area contributed by atoms with Crippen molar-refractivity contribution in [3.8, 4) is 22.3 Å². The third kappa shape index (κ3) is 4.31. The largest absolute Gasteiger partial charge is 0.456 e. The highest BCUT2D eigenvalue weighted by Crippen LogP contribution is 2.52. The van der Waals surface area contributed by atoms with Crippen LogP contribution in [0.4, 0.5) is 17.1 Å². The maximum Gasteiger partial charge on any atom is 0.144 e. The van der Waals surface area contributed by atoms with E-state index in [0.717, 1.165) is 72.1 Å². The second kappa shape index (κ2) is 11.2. The fourth-order valence-corrected chi connectivity index (χ4v) is 10.5. The zero-order valence-corrected chi connectivity index (χ0v) is 31.1. The van der Waals surface area contributed by atoms with Crippen molar-refractivity contribution in [1.29, 1.82) is 0 Å². The lowest BCUT2D eigenvalue weighted by atomic mass is 9.82. The maximum atomic E-state index is 6.89. The van der Waals surface area contributed by atoms with Crippen LogP contribution in [-0.4, -0.2) is 0 Å². The first-order chi connectivity index (χ1) is 27.0. The molecule has 0 bridgehead atoms. The van der Waals surface area contributed by atoms with Gasteiger partial charge >= 0.3 is 0 Å². The van der Waals surface area contributed by atoms with E-state index in [1.165, 1.54) is 42.4 Å². The molecular weight excluding hydrogens is 691 g/mol. The summed E-state index contributed by atoms with van der Waals surface area (Å²) < 4.78 is 16.0. The Labute approximate surface area is 321 Å². The number of para-hydroxylation sites is 1. The van der Waals surface area contributed by atoms with Crippen LogP contribution >= 0.6 is 11.3 Å². The SMILES string of the molecule is CC1(C)c2ccccc2-c2ccc(N(c3ccc4oc5c(-c6ccccc6)c6c(cc5c4c3)oc3ccccc36)c3cccc4c3sc3ccccc34)cc21. The molecule has 0 saturated carbocycles. The fraction of sp³-hybridized carbons (Fsp3) is 0.0588. The average Bonchev–Trinajstić information content (AvgIpc) is 3.96. The van der Waals surface area contributed by atoms with Crippen LogP contribution in [0.15, 0.2) is 173 Å². The fourth-order valence-electron chi connectivity index (χ4n) is 9.29. The second-order valence-electron chi connectivity index (χ2n) is 15.2. The van der Waals surface area contributed by atoms with E-state index in [1.54, 1.807) is 0 Å². The van der Waals surface area contributed by atoms with E-state index in [2.05, 4.69) is 170 Å². The van der Waals surface area contributed by atoms with Crippen LogP contribution in [0, 0.1) is 0 Å². The van der Waals surface area contributed by atoms with Gasteiger partial charge in [-0.3, -0.25) is 0 Å². The van der Waals surface area contributed by atoms with Crippen molar-refractivity contribution < 1.29 is 8.83 Å². The molecule has 0 aliphatic heterocycles. The molecule has 8 aromatic carbocycles. The molecule has 55 heavy (non-hydrogen) atoms. The third-order valence-corrected chi connectivity index (χ3v) is 13.1. The summed E-state index contributed by atoms with van der Waals surface area (Å²) in [5, 5.41) is 6.81. The van der Waals surface area contributed by atoms with Gasteiger partial charge in [0.1, 0.15) is 22.3 Å². The number of nitrogens with zero attached hydrogens (tertiary/aromatic N) is 1. The van der Waals surface area contributed by atoms with Crippen molar-refractivity contribution in [2.24, 2.45) is 0 Å². The third-order valence-electron chi connectivity index (χ3n) is 11.9. The van der Waals surface area contributed by atoms with Gasteiger partial charge in [0.05, 0.1) is 10.4 Å². The number of hydrogen-bond acceptors (Lipinski definition) is 4. The molecule has 0 spiro atoms. The Morgan fingerprint density at radius 2 is 1.20 bits per heavy atom. The van der Waals surface area contributed by atoms with E-state index in [0.29, 0.717) is 0 Å². The zero-order valence-electron chi connectivity index (χ0n) is 30.3. The molecule has 0 unspecified atom stereocenters.